The number of carbonyl (C=O) groups excluding carboxylic acids is 1. The number of hydrogen-bond donors (Lipinski definition) is 1. The number of likely N-dealkylation sites (tertiary alicyclic amines) is 1. The van der Waals surface area contributed by atoms with Gasteiger partial charge in [-0.25, -0.2) is 9.97 Å². The second kappa shape index (κ2) is 5.72. The predicted octanol–water partition coefficient (Wildman–Crippen LogP) is 1.81. The number of hydrogen-bond acceptors (Lipinski definition) is 4. The van der Waals surface area contributed by atoms with Crippen molar-refractivity contribution in [1.82, 2.24) is 20.2 Å². The summed E-state index contributed by atoms with van der Waals surface area (Å²) in [6.45, 7) is 8.51. The summed E-state index contributed by atoms with van der Waals surface area (Å²) in [7, 11) is 0. The summed E-state index contributed by atoms with van der Waals surface area (Å²) in [5, 5.41) is 3.09. The van der Waals surface area contributed by atoms with E-state index in [1.807, 2.05) is 0 Å². The topological polar surface area (TPSA) is 58.1 Å². The molecule has 2 aliphatic rings. The first-order chi connectivity index (χ1) is 10.0. The molecule has 1 aliphatic carbocycles. The van der Waals surface area contributed by atoms with Gasteiger partial charge in [-0.15, -0.1) is 0 Å². The molecule has 1 N–H and O–H groups in total. The minimum Gasteiger partial charge on any atom is -0.345 e. The molecule has 1 aromatic rings. The van der Waals surface area contributed by atoms with Gasteiger partial charge in [-0.05, 0) is 44.1 Å². The predicted molar refractivity (Wildman–Crippen MR) is 81.1 cm³/mol. The number of carbonyl (C=O) groups is 1. The van der Waals surface area contributed by atoms with Gasteiger partial charge in [0.25, 0.3) is 5.91 Å². The van der Waals surface area contributed by atoms with E-state index in [1.165, 1.54) is 12.8 Å². The average molecular weight is 288 g/mol. The number of aromatic nitrogens is 2. The molecule has 5 nitrogen and oxygen atoms in total. The van der Waals surface area contributed by atoms with E-state index in [-0.39, 0.29) is 17.8 Å². The third-order valence-electron chi connectivity index (χ3n) is 4.61. The highest BCUT2D eigenvalue weighted by atomic mass is 16.2. The fraction of sp³-hybridized carbons (Fsp3) is 0.688. The van der Waals surface area contributed by atoms with Crippen LogP contribution in [0.4, 0.5) is 0 Å². The van der Waals surface area contributed by atoms with Crippen LogP contribution in [0.15, 0.2) is 12.4 Å². The van der Waals surface area contributed by atoms with Gasteiger partial charge in [0.05, 0.1) is 0 Å². The molecule has 114 valence electrons. The Morgan fingerprint density at radius 3 is 2.48 bits per heavy atom. The molecule has 0 unspecified atom stereocenters. The minimum absolute atomic E-state index is 0.153. The Balaban J connectivity index is 1.60. The van der Waals surface area contributed by atoms with Crippen LogP contribution < -0.4 is 5.32 Å². The number of nitrogens with one attached hydrogen (secondary N) is 1. The number of amides is 1. The first kappa shape index (κ1) is 14.4. The summed E-state index contributed by atoms with van der Waals surface area (Å²) in [6.07, 6.45) is 6.05. The maximum absolute atomic E-state index is 12.3. The second-order valence-electron chi connectivity index (χ2n) is 6.72. The monoisotopic (exact) mass is 288 g/mol. The normalized spacial score (nSPS) is 26.3. The highest BCUT2D eigenvalue weighted by molar-refractivity contribution is 5.90. The molecule has 2 heterocycles. The van der Waals surface area contributed by atoms with E-state index in [1.54, 1.807) is 12.4 Å². The lowest BCUT2D eigenvalue weighted by Crippen LogP contribution is -2.41. The quantitative estimate of drug-likeness (QED) is 0.918. The third-order valence-corrected chi connectivity index (χ3v) is 4.61. The molecule has 1 amide bonds. The first-order valence-electron chi connectivity index (χ1n) is 7.91. The molecule has 21 heavy (non-hydrogen) atoms. The van der Waals surface area contributed by atoms with Crippen molar-refractivity contribution < 1.29 is 4.79 Å². The Morgan fingerprint density at radius 2 is 1.95 bits per heavy atom. The van der Waals surface area contributed by atoms with Gasteiger partial charge in [-0.3, -0.25) is 9.69 Å². The Morgan fingerprint density at radius 1 is 1.29 bits per heavy atom. The highest BCUT2D eigenvalue weighted by Crippen LogP contribution is 2.39. The molecule has 2 fully saturated rings. The fourth-order valence-electron chi connectivity index (χ4n) is 2.93. The van der Waals surface area contributed by atoms with E-state index in [0.29, 0.717) is 17.9 Å². The van der Waals surface area contributed by atoms with Crippen LogP contribution in [0.25, 0.3) is 0 Å². The van der Waals surface area contributed by atoms with Crippen LogP contribution in [-0.4, -0.2) is 45.9 Å². The summed E-state index contributed by atoms with van der Waals surface area (Å²) in [5.41, 5.74) is 1.16. The zero-order valence-electron chi connectivity index (χ0n) is 13.0. The smallest absolute Gasteiger partial charge is 0.289 e. The Bertz CT molecular complexity index is 510. The number of rotatable bonds is 4. The van der Waals surface area contributed by atoms with Gasteiger partial charge in [0.2, 0.25) is 5.82 Å². The zero-order chi connectivity index (χ0) is 15.0. The van der Waals surface area contributed by atoms with E-state index in [2.05, 4.69) is 41.0 Å². The lowest BCUT2D eigenvalue weighted by Gasteiger charge is -2.20. The van der Waals surface area contributed by atoms with Gasteiger partial charge in [0.15, 0.2) is 0 Å². The molecule has 0 radical (unpaired) electrons. The van der Waals surface area contributed by atoms with Crippen LogP contribution in [0.1, 0.15) is 55.7 Å². The van der Waals surface area contributed by atoms with Gasteiger partial charge in [0, 0.05) is 37.6 Å². The molecule has 0 bridgehead atoms. The third kappa shape index (κ3) is 3.23. The average Bonchev–Trinajstić information content (AvgIpc) is 3.24. The molecule has 3 rings (SSSR count). The Kier molecular flexibility index (Phi) is 3.93. The van der Waals surface area contributed by atoms with Crippen molar-refractivity contribution >= 4 is 5.91 Å². The van der Waals surface area contributed by atoms with Crippen molar-refractivity contribution in [3.63, 3.8) is 0 Å². The highest BCUT2D eigenvalue weighted by Gasteiger charge is 2.32. The van der Waals surface area contributed by atoms with Gasteiger partial charge in [-0.1, -0.05) is 6.92 Å². The SMILES string of the molecule is CC(C)N1C[C@@H](C)[C@H](NC(=O)c2ncc(C3CC3)cn2)C1. The molecular formula is C16H24N4O. The van der Waals surface area contributed by atoms with E-state index < -0.39 is 0 Å². The van der Waals surface area contributed by atoms with Gasteiger partial charge in [-0.2, -0.15) is 0 Å². The summed E-state index contributed by atoms with van der Waals surface area (Å²) >= 11 is 0. The molecule has 2 atom stereocenters. The largest absolute Gasteiger partial charge is 0.345 e. The summed E-state index contributed by atoms with van der Waals surface area (Å²) in [5.74, 6) is 1.22. The van der Waals surface area contributed by atoms with Gasteiger partial charge in [0.1, 0.15) is 0 Å². The minimum atomic E-state index is -0.153. The Hall–Kier alpha value is -1.49. The first-order valence-corrected chi connectivity index (χ1v) is 7.91. The van der Waals surface area contributed by atoms with Crippen LogP contribution in [0, 0.1) is 5.92 Å². The van der Waals surface area contributed by atoms with Crippen molar-refractivity contribution in [2.24, 2.45) is 5.92 Å². The fourth-order valence-corrected chi connectivity index (χ4v) is 2.93. The number of nitrogens with zero attached hydrogens (tertiary/aromatic N) is 3. The maximum Gasteiger partial charge on any atom is 0.289 e. The molecule has 5 heteroatoms. The van der Waals surface area contributed by atoms with Crippen molar-refractivity contribution in [1.29, 1.82) is 0 Å². The van der Waals surface area contributed by atoms with E-state index >= 15 is 0 Å². The molecule has 1 aromatic heterocycles. The lowest BCUT2D eigenvalue weighted by atomic mass is 10.1. The Labute approximate surface area is 126 Å². The molecular weight excluding hydrogens is 264 g/mol. The van der Waals surface area contributed by atoms with E-state index in [0.717, 1.165) is 18.7 Å². The van der Waals surface area contributed by atoms with Crippen LogP contribution in [0.2, 0.25) is 0 Å². The maximum atomic E-state index is 12.3. The van der Waals surface area contributed by atoms with Crippen LogP contribution in [0.3, 0.4) is 0 Å². The van der Waals surface area contributed by atoms with Crippen molar-refractivity contribution in [2.75, 3.05) is 13.1 Å². The summed E-state index contributed by atoms with van der Waals surface area (Å²) in [4.78, 5) is 23.1. The molecule has 0 aromatic carbocycles. The van der Waals surface area contributed by atoms with Gasteiger partial charge < -0.3 is 5.32 Å². The van der Waals surface area contributed by atoms with Crippen LogP contribution in [0.5, 0.6) is 0 Å². The molecule has 1 saturated heterocycles. The van der Waals surface area contributed by atoms with E-state index in [4.69, 9.17) is 0 Å². The molecule has 1 saturated carbocycles. The zero-order valence-corrected chi connectivity index (χ0v) is 13.0. The van der Waals surface area contributed by atoms with Crippen molar-refractivity contribution in [2.45, 2.75) is 51.6 Å². The molecule has 0 spiro atoms. The van der Waals surface area contributed by atoms with Crippen molar-refractivity contribution in [3.8, 4) is 0 Å². The lowest BCUT2D eigenvalue weighted by molar-refractivity contribution is 0.0920. The van der Waals surface area contributed by atoms with Gasteiger partial charge >= 0.3 is 0 Å². The summed E-state index contributed by atoms with van der Waals surface area (Å²) < 4.78 is 0. The van der Waals surface area contributed by atoms with Crippen molar-refractivity contribution in [3.05, 3.63) is 23.8 Å². The molecule has 1 aliphatic heterocycles. The standard InChI is InChI=1S/C16H24N4O/c1-10(2)20-8-11(3)14(9-20)19-16(21)15-17-6-13(7-18-15)12-4-5-12/h6-7,10-12,14H,4-5,8-9H2,1-3H3,(H,19,21)/t11-,14-/m1/s1. The van der Waals surface area contributed by atoms with Crippen LogP contribution >= 0.6 is 0 Å². The summed E-state index contributed by atoms with van der Waals surface area (Å²) in [6, 6.07) is 0.704. The van der Waals surface area contributed by atoms with Crippen LogP contribution in [-0.2, 0) is 0 Å². The van der Waals surface area contributed by atoms with E-state index in [9.17, 15) is 4.79 Å². The second-order valence-corrected chi connectivity index (χ2v) is 6.72.